The van der Waals surface area contributed by atoms with Gasteiger partial charge in [0, 0.05) is 31.0 Å². The van der Waals surface area contributed by atoms with Crippen molar-refractivity contribution in [3.05, 3.63) is 65.7 Å². The van der Waals surface area contributed by atoms with Crippen molar-refractivity contribution in [2.45, 2.75) is 11.0 Å². The molecule has 0 unspecified atom stereocenters. The normalized spacial score (nSPS) is 10.6. The highest BCUT2D eigenvalue weighted by atomic mass is 32.2. The predicted octanol–water partition coefficient (Wildman–Crippen LogP) is 3.73. The second-order valence-electron chi connectivity index (χ2n) is 5.43. The number of benzene rings is 2. The molecule has 0 radical (unpaired) electrons. The van der Waals surface area contributed by atoms with Crippen LogP contribution in [0.3, 0.4) is 0 Å². The molecule has 0 saturated carbocycles. The molecule has 0 spiro atoms. The summed E-state index contributed by atoms with van der Waals surface area (Å²) in [5, 5.41) is 8.65. The third-order valence-electron chi connectivity index (χ3n) is 3.37. The fourth-order valence-corrected chi connectivity index (χ4v) is 2.87. The first-order valence-corrected chi connectivity index (χ1v) is 8.44. The predicted molar refractivity (Wildman–Crippen MR) is 93.8 cm³/mol. The van der Waals surface area contributed by atoms with Crippen molar-refractivity contribution in [1.29, 1.82) is 0 Å². The molecule has 3 aromatic rings. The van der Waals surface area contributed by atoms with E-state index in [-0.39, 0.29) is 5.91 Å². The van der Waals surface area contributed by atoms with Crippen molar-refractivity contribution in [2.24, 2.45) is 0 Å². The molecule has 2 aromatic carbocycles. The molecular weight excluding hydrogens is 322 g/mol. The van der Waals surface area contributed by atoms with Gasteiger partial charge in [0.15, 0.2) is 0 Å². The summed E-state index contributed by atoms with van der Waals surface area (Å²) in [5.74, 6) is 1.16. The van der Waals surface area contributed by atoms with E-state index in [9.17, 15) is 4.79 Å². The van der Waals surface area contributed by atoms with Gasteiger partial charge in [0.05, 0.1) is 0 Å². The van der Waals surface area contributed by atoms with Crippen molar-refractivity contribution in [1.82, 2.24) is 15.1 Å². The Kier molecular flexibility index (Phi) is 4.96. The number of aromatic nitrogens is 2. The average Bonchev–Trinajstić information content (AvgIpc) is 3.09. The van der Waals surface area contributed by atoms with E-state index in [1.54, 1.807) is 19.0 Å². The third-order valence-corrected chi connectivity index (χ3v) is 4.26. The van der Waals surface area contributed by atoms with E-state index in [2.05, 4.69) is 10.2 Å². The van der Waals surface area contributed by atoms with Crippen LogP contribution in [0.5, 0.6) is 0 Å². The first kappa shape index (κ1) is 16.3. The van der Waals surface area contributed by atoms with Crippen molar-refractivity contribution < 1.29 is 9.21 Å². The first-order valence-electron chi connectivity index (χ1n) is 7.46. The molecule has 0 aliphatic rings. The maximum Gasteiger partial charge on any atom is 0.277 e. The zero-order chi connectivity index (χ0) is 16.9. The SMILES string of the molecule is CN(C)C(=O)c1cccc(CSc2nnc(-c3ccccc3)o2)c1. The van der Waals surface area contributed by atoms with Crippen molar-refractivity contribution >= 4 is 17.7 Å². The molecular formula is C18H17N3O2S. The molecule has 6 heteroatoms. The summed E-state index contributed by atoms with van der Waals surface area (Å²) in [6.45, 7) is 0. The van der Waals surface area contributed by atoms with E-state index in [4.69, 9.17) is 4.42 Å². The number of carbonyl (C=O) groups excluding carboxylic acids is 1. The lowest BCUT2D eigenvalue weighted by molar-refractivity contribution is 0.0827. The number of hydrogen-bond acceptors (Lipinski definition) is 5. The van der Waals surface area contributed by atoms with E-state index in [1.165, 1.54) is 11.8 Å². The highest BCUT2D eigenvalue weighted by Crippen LogP contribution is 2.25. The summed E-state index contributed by atoms with van der Waals surface area (Å²) in [6.07, 6.45) is 0. The van der Waals surface area contributed by atoms with Gasteiger partial charge in [-0.15, -0.1) is 10.2 Å². The number of hydrogen-bond donors (Lipinski definition) is 0. The molecule has 0 fully saturated rings. The van der Waals surface area contributed by atoms with Crippen LogP contribution in [0.4, 0.5) is 0 Å². The average molecular weight is 339 g/mol. The standard InChI is InChI=1S/C18H17N3O2S/c1-21(2)17(22)15-10-6-7-13(11-15)12-24-18-20-19-16(23-18)14-8-4-3-5-9-14/h3-11H,12H2,1-2H3. The van der Waals surface area contributed by atoms with E-state index < -0.39 is 0 Å². The minimum atomic E-state index is -0.00833. The van der Waals surface area contributed by atoms with E-state index in [0.29, 0.717) is 22.4 Å². The molecule has 1 aromatic heterocycles. The molecule has 0 N–H and O–H groups in total. The van der Waals surface area contributed by atoms with Gasteiger partial charge in [0.2, 0.25) is 5.89 Å². The maximum atomic E-state index is 12.0. The van der Waals surface area contributed by atoms with Crippen LogP contribution in [-0.2, 0) is 5.75 Å². The van der Waals surface area contributed by atoms with Gasteiger partial charge in [0.1, 0.15) is 0 Å². The lowest BCUT2D eigenvalue weighted by Gasteiger charge is -2.10. The van der Waals surface area contributed by atoms with E-state index >= 15 is 0 Å². The van der Waals surface area contributed by atoms with Gasteiger partial charge in [0.25, 0.3) is 11.1 Å². The Hall–Kier alpha value is -2.60. The van der Waals surface area contributed by atoms with Crippen LogP contribution in [0.2, 0.25) is 0 Å². The number of carbonyl (C=O) groups is 1. The van der Waals surface area contributed by atoms with Gasteiger partial charge in [-0.3, -0.25) is 4.79 Å². The number of amides is 1. The largest absolute Gasteiger partial charge is 0.411 e. The summed E-state index contributed by atoms with van der Waals surface area (Å²) in [5.41, 5.74) is 2.61. The topological polar surface area (TPSA) is 59.2 Å². The minimum absolute atomic E-state index is 0.00833. The fraction of sp³-hybridized carbons (Fsp3) is 0.167. The molecule has 0 atom stereocenters. The zero-order valence-corrected chi connectivity index (χ0v) is 14.3. The number of nitrogens with zero attached hydrogens (tertiary/aromatic N) is 3. The molecule has 0 aliphatic carbocycles. The van der Waals surface area contributed by atoms with Crippen LogP contribution in [0.25, 0.3) is 11.5 Å². The van der Waals surface area contributed by atoms with Crippen molar-refractivity contribution in [3.8, 4) is 11.5 Å². The van der Waals surface area contributed by atoms with Gasteiger partial charge in [-0.1, -0.05) is 42.1 Å². The van der Waals surface area contributed by atoms with Gasteiger partial charge >= 0.3 is 0 Å². The Morgan fingerprint density at radius 3 is 2.62 bits per heavy atom. The van der Waals surface area contributed by atoms with Gasteiger partial charge in [-0.25, -0.2) is 0 Å². The molecule has 5 nitrogen and oxygen atoms in total. The summed E-state index contributed by atoms with van der Waals surface area (Å²) < 4.78 is 5.67. The molecule has 0 saturated heterocycles. The van der Waals surface area contributed by atoms with Gasteiger partial charge < -0.3 is 9.32 Å². The van der Waals surface area contributed by atoms with Crippen LogP contribution in [0.1, 0.15) is 15.9 Å². The number of thioether (sulfide) groups is 1. The van der Waals surface area contributed by atoms with Crippen molar-refractivity contribution in [2.75, 3.05) is 14.1 Å². The monoisotopic (exact) mass is 339 g/mol. The Morgan fingerprint density at radius 1 is 1.08 bits per heavy atom. The lowest BCUT2D eigenvalue weighted by atomic mass is 10.1. The summed E-state index contributed by atoms with van der Waals surface area (Å²) >= 11 is 1.45. The third kappa shape index (κ3) is 3.83. The highest BCUT2D eigenvalue weighted by molar-refractivity contribution is 7.98. The van der Waals surface area contributed by atoms with E-state index in [0.717, 1.165) is 11.1 Å². The first-order chi connectivity index (χ1) is 11.6. The molecule has 1 heterocycles. The smallest absolute Gasteiger partial charge is 0.277 e. The summed E-state index contributed by atoms with van der Waals surface area (Å²) in [6, 6.07) is 17.2. The van der Waals surface area contributed by atoms with Crippen LogP contribution in [-0.4, -0.2) is 35.1 Å². The fourth-order valence-electron chi connectivity index (χ4n) is 2.16. The summed E-state index contributed by atoms with van der Waals surface area (Å²) in [7, 11) is 3.49. The molecule has 24 heavy (non-hydrogen) atoms. The highest BCUT2D eigenvalue weighted by Gasteiger charge is 2.11. The van der Waals surface area contributed by atoms with Crippen LogP contribution in [0, 0.1) is 0 Å². The molecule has 122 valence electrons. The number of rotatable bonds is 5. The van der Waals surface area contributed by atoms with E-state index in [1.807, 2.05) is 54.6 Å². The van der Waals surface area contributed by atoms with Crippen LogP contribution in [0.15, 0.2) is 64.2 Å². The van der Waals surface area contributed by atoms with Gasteiger partial charge in [-0.05, 0) is 29.8 Å². The molecule has 0 aliphatic heterocycles. The van der Waals surface area contributed by atoms with Crippen LogP contribution < -0.4 is 0 Å². The Labute approximate surface area is 144 Å². The zero-order valence-electron chi connectivity index (χ0n) is 13.5. The molecule has 3 rings (SSSR count). The Bertz CT molecular complexity index is 831. The molecule has 1 amide bonds. The minimum Gasteiger partial charge on any atom is -0.411 e. The quantitative estimate of drug-likeness (QED) is 0.663. The Morgan fingerprint density at radius 2 is 1.88 bits per heavy atom. The second-order valence-corrected chi connectivity index (χ2v) is 6.35. The van der Waals surface area contributed by atoms with Gasteiger partial charge in [-0.2, -0.15) is 0 Å². The lowest BCUT2D eigenvalue weighted by Crippen LogP contribution is -2.21. The summed E-state index contributed by atoms with van der Waals surface area (Å²) in [4.78, 5) is 13.6. The molecule has 0 bridgehead atoms. The van der Waals surface area contributed by atoms with Crippen LogP contribution >= 0.6 is 11.8 Å². The second kappa shape index (κ2) is 7.31. The van der Waals surface area contributed by atoms with Crippen molar-refractivity contribution in [3.63, 3.8) is 0 Å². The maximum absolute atomic E-state index is 12.0. The Balaban J connectivity index is 1.67.